The smallest absolute Gasteiger partial charge is 0.173 e. The van der Waals surface area contributed by atoms with Crippen molar-refractivity contribution in [1.82, 2.24) is 9.88 Å². The van der Waals surface area contributed by atoms with Crippen LogP contribution in [0.5, 0.6) is 5.75 Å². The van der Waals surface area contributed by atoms with Gasteiger partial charge in [-0.25, -0.2) is 0 Å². The second-order valence-electron chi connectivity index (χ2n) is 4.53. The Morgan fingerprint density at radius 2 is 1.86 bits per heavy atom. The third-order valence-electron chi connectivity index (χ3n) is 3.13. The molecule has 110 valence electrons. The summed E-state index contributed by atoms with van der Waals surface area (Å²) >= 11 is 5.48. The molecule has 0 aliphatic carbocycles. The summed E-state index contributed by atoms with van der Waals surface area (Å²) in [6, 6.07) is 11.7. The lowest BCUT2D eigenvalue weighted by molar-refractivity contribution is 0.415. The Labute approximate surface area is 130 Å². The first-order chi connectivity index (χ1) is 10.2. The normalized spacial score (nSPS) is 10.0. The van der Waals surface area contributed by atoms with E-state index in [0.717, 1.165) is 24.5 Å². The molecule has 5 heteroatoms. The molecular formula is C16H19N3OS. The summed E-state index contributed by atoms with van der Waals surface area (Å²) in [7, 11) is 1.65. The fourth-order valence-electron chi connectivity index (χ4n) is 1.91. The molecule has 0 unspecified atom stereocenters. The van der Waals surface area contributed by atoms with E-state index >= 15 is 0 Å². The van der Waals surface area contributed by atoms with E-state index in [1.807, 2.05) is 36.4 Å². The maximum Gasteiger partial charge on any atom is 0.173 e. The predicted molar refractivity (Wildman–Crippen MR) is 89.5 cm³/mol. The summed E-state index contributed by atoms with van der Waals surface area (Å²) in [6.45, 7) is 3.69. The Hall–Kier alpha value is -2.14. The maximum atomic E-state index is 5.48. The largest absolute Gasteiger partial charge is 0.497 e. The van der Waals surface area contributed by atoms with Gasteiger partial charge in [-0.3, -0.25) is 4.98 Å². The molecule has 0 fully saturated rings. The molecule has 0 radical (unpaired) electrons. The van der Waals surface area contributed by atoms with Crippen LogP contribution in [0.1, 0.15) is 12.5 Å². The van der Waals surface area contributed by atoms with Crippen molar-refractivity contribution in [2.24, 2.45) is 0 Å². The van der Waals surface area contributed by atoms with Crippen LogP contribution in [-0.2, 0) is 6.54 Å². The number of nitrogens with one attached hydrogen (secondary N) is 1. The monoisotopic (exact) mass is 301 g/mol. The van der Waals surface area contributed by atoms with E-state index in [9.17, 15) is 0 Å². The molecule has 0 bridgehead atoms. The summed E-state index contributed by atoms with van der Waals surface area (Å²) < 4.78 is 5.14. The van der Waals surface area contributed by atoms with E-state index in [-0.39, 0.29) is 0 Å². The van der Waals surface area contributed by atoms with Crippen LogP contribution < -0.4 is 10.1 Å². The van der Waals surface area contributed by atoms with Gasteiger partial charge < -0.3 is 15.0 Å². The highest BCUT2D eigenvalue weighted by Crippen LogP contribution is 2.16. The van der Waals surface area contributed by atoms with Gasteiger partial charge in [-0.05, 0) is 61.1 Å². The average Bonchev–Trinajstić information content (AvgIpc) is 2.54. The van der Waals surface area contributed by atoms with Crippen LogP contribution in [0.25, 0.3) is 0 Å². The predicted octanol–water partition coefficient (Wildman–Crippen LogP) is 3.31. The van der Waals surface area contributed by atoms with Gasteiger partial charge in [0, 0.05) is 31.2 Å². The van der Waals surface area contributed by atoms with Gasteiger partial charge in [0.2, 0.25) is 0 Å². The SMILES string of the molecule is CCN(Cc1ccncc1)C(=S)Nc1ccc(OC)cc1. The van der Waals surface area contributed by atoms with Crippen molar-refractivity contribution in [3.8, 4) is 5.75 Å². The Kier molecular flexibility index (Phi) is 5.51. The number of aromatic nitrogens is 1. The van der Waals surface area contributed by atoms with Crippen LogP contribution in [0, 0.1) is 0 Å². The molecule has 2 rings (SSSR count). The average molecular weight is 301 g/mol. The van der Waals surface area contributed by atoms with Crippen molar-refractivity contribution in [1.29, 1.82) is 0 Å². The van der Waals surface area contributed by atoms with E-state index in [4.69, 9.17) is 17.0 Å². The molecule has 0 aliphatic heterocycles. The molecule has 0 aliphatic rings. The highest BCUT2D eigenvalue weighted by Gasteiger charge is 2.08. The van der Waals surface area contributed by atoms with Crippen LogP contribution in [-0.4, -0.2) is 28.7 Å². The molecule has 4 nitrogen and oxygen atoms in total. The van der Waals surface area contributed by atoms with Gasteiger partial charge in [0.05, 0.1) is 7.11 Å². The minimum atomic E-state index is 0.708. The zero-order valence-corrected chi connectivity index (χ0v) is 13.1. The zero-order valence-electron chi connectivity index (χ0n) is 12.2. The number of thiocarbonyl (C=S) groups is 1. The first-order valence-corrected chi connectivity index (χ1v) is 7.22. The Morgan fingerprint density at radius 1 is 1.19 bits per heavy atom. The number of hydrogen-bond donors (Lipinski definition) is 1. The molecule has 0 amide bonds. The minimum absolute atomic E-state index is 0.708. The number of methoxy groups -OCH3 is 1. The van der Waals surface area contributed by atoms with Gasteiger partial charge in [-0.15, -0.1) is 0 Å². The fourth-order valence-corrected chi connectivity index (χ4v) is 2.22. The van der Waals surface area contributed by atoms with Gasteiger partial charge in [-0.1, -0.05) is 0 Å². The number of nitrogens with zero attached hydrogens (tertiary/aromatic N) is 2. The van der Waals surface area contributed by atoms with Crippen molar-refractivity contribution >= 4 is 23.0 Å². The number of ether oxygens (including phenoxy) is 1. The number of rotatable bonds is 5. The summed E-state index contributed by atoms with van der Waals surface area (Å²) in [5, 5.41) is 3.96. The fraction of sp³-hybridized carbons (Fsp3) is 0.250. The van der Waals surface area contributed by atoms with Crippen molar-refractivity contribution in [3.05, 3.63) is 54.4 Å². The minimum Gasteiger partial charge on any atom is -0.497 e. The Morgan fingerprint density at radius 3 is 2.43 bits per heavy atom. The molecule has 1 aromatic carbocycles. The maximum absolute atomic E-state index is 5.48. The van der Waals surface area contributed by atoms with Crippen molar-refractivity contribution in [2.45, 2.75) is 13.5 Å². The molecule has 1 heterocycles. The second-order valence-corrected chi connectivity index (χ2v) is 4.91. The van der Waals surface area contributed by atoms with E-state index in [0.29, 0.717) is 5.11 Å². The molecule has 21 heavy (non-hydrogen) atoms. The first kappa shape index (κ1) is 15.3. The van der Waals surface area contributed by atoms with Crippen molar-refractivity contribution < 1.29 is 4.74 Å². The van der Waals surface area contributed by atoms with Gasteiger partial charge in [-0.2, -0.15) is 0 Å². The van der Waals surface area contributed by atoms with Crippen LogP contribution in [0.15, 0.2) is 48.8 Å². The number of pyridine rings is 1. The summed E-state index contributed by atoms with van der Waals surface area (Å²) in [6.07, 6.45) is 3.59. The third-order valence-corrected chi connectivity index (χ3v) is 3.49. The molecule has 1 N–H and O–H groups in total. The summed E-state index contributed by atoms with van der Waals surface area (Å²) in [5.74, 6) is 0.829. The molecule has 2 aromatic rings. The van der Waals surface area contributed by atoms with Gasteiger partial charge in [0.1, 0.15) is 5.75 Å². The van der Waals surface area contributed by atoms with Gasteiger partial charge >= 0.3 is 0 Å². The molecule has 0 atom stereocenters. The molecular weight excluding hydrogens is 282 g/mol. The van der Waals surface area contributed by atoms with Crippen LogP contribution in [0.3, 0.4) is 0 Å². The lowest BCUT2D eigenvalue weighted by Gasteiger charge is -2.24. The van der Waals surface area contributed by atoms with E-state index in [1.54, 1.807) is 19.5 Å². The second kappa shape index (κ2) is 7.59. The Balaban J connectivity index is 1.99. The topological polar surface area (TPSA) is 37.4 Å². The highest BCUT2D eigenvalue weighted by molar-refractivity contribution is 7.80. The van der Waals surface area contributed by atoms with Gasteiger partial charge in [0.25, 0.3) is 0 Å². The van der Waals surface area contributed by atoms with Gasteiger partial charge in [0.15, 0.2) is 5.11 Å². The van der Waals surface area contributed by atoms with Crippen LogP contribution in [0.4, 0.5) is 5.69 Å². The Bertz CT molecular complexity index is 572. The van der Waals surface area contributed by atoms with Crippen LogP contribution in [0.2, 0.25) is 0 Å². The summed E-state index contributed by atoms with van der Waals surface area (Å²) in [4.78, 5) is 6.13. The number of anilines is 1. The number of hydrogen-bond acceptors (Lipinski definition) is 3. The molecule has 0 saturated carbocycles. The van der Waals surface area contributed by atoms with Crippen molar-refractivity contribution in [3.63, 3.8) is 0 Å². The standard InChI is InChI=1S/C16H19N3OS/c1-3-19(12-13-8-10-17-11-9-13)16(21)18-14-4-6-15(20-2)7-5-14/h4-11H,3,12H2,1-2H3,(H,18,21). The van der Waals surface area contributed by atoms with Crippen molar-refractivity contribution in [2.75, 3.05) is 19.0 Å². The number of benzene rings is 1. The highest BCUT2D eigenvalue weighted by atomic mass is 32.1. The zero-order chi connectivity index (χ0) is 15.1. The van der Waals surface area contributed by atoms with E-state index in [1.165, 1.54) is 5.56 Å². The third kappa shape index (κ3) is 4.43. The summed E-state index contributed by atoms with van der Waals surface area (Å²) in [5.41, 5.74) is 2.14. The quantitative estimate of drug-likeness (QED) is 0.858. The van der Waals surface area contributed by atoms with E-state index < -0.39 is 0 Å². The molecule has 0 saturated heterocycles. The lowest BCUT2D eigenvalue weighted by atomic mass is 10.2. The molecule has 1 aromatic heterocycles. The molecule has 0 spiro atoms. The van der Waals surface area contributed by atoms with E-state index in [2.05, 4.69) is 22.1 Å². The van der Waals surface area contributed by atoms with Crippen LogP contribution >= 0.6 is 12.2 Å². The first-order valence-electron chi connectivity index (χ1n) is 6.82. The lowest BCUT2D eigenvalue weighted by Crippen LogP contribution is -2.34.